The maximum Gasteiger partial charge on any atom is 0.410 e. The zero-order valence-electron chi connectivity index (χ0n) is 18.0. The molecule has 4 rings (SSSR count). The number of rotatable bonds is 4. The van der Waals surface area contributed by atoms with Crippen LogP contribution in [0.3, 0.4) is 0 Å². The molecule has 1 N–H and O–H groups in total. The summed E-state index contributed by atoms with van der Waals surface area (Å²) in [5.74, 6) is -0.597. The first-order chi connectivity index (χ1) is 15.5. The highest BCUT2D eigenvalue weighted by atomic mass is 79.9. The second kappa shape index (κ2) is 8.68. The van der Waals surface area contributed by atoms with Crippen LogP contribution in [-0.2, 0) is 13.6 Å². The molecule has 0 radical (unpaired) electrons. The monoisotopic (exact) mass is 544 g/mol. The second-order valence-electron chi connectivity index (χ2n) is 8.04. The minimum absolute atomic E-state index is 0.0209. The normalized spacial score (nSPS) is 18.1. The van der Waals surface area contributed by atoms with E-state index in [1.807, 2.05) is 6.92 Å². The first-order valence-corrected chi connectivity index (χ1v) is 11.2. The van der Waals surface area contributed by atoms with E-state index in [2.05, 4.69) is 31.4 Å². The predicted molar refractivity (Wildman–Crippen MR) is 121 cm³/mol. The van der Waals surface area contributed by atoms with Gasteiger partial charge in [-0.15, -0.1) is 0 Å². The topological polar surface area (TPSA) is 68.0 Å². The average molecular weight is 546 g/mol. The summed E-state index contributed by atoms with van der Waals surface area (Å²) >= 11 is 9.76. The largest absolute Gasteiger partial charge is 0.410 e. The Bertz CT molecular complexity index is 1190. The number of alkyl halides is 3. The summed E-state index contributed by atoms with van der Waals surface area (Å²) in [5, 5.41) is 11.1. The molecule has 0 fully saturated rings. The Hall–Kier alpha value is -2.53. The number of fused-ring (bicyclic) bond motifs is 1. The predicted octanol–water partition coefficient (Wildman–Crippen LogP) is 5.27. The molecule has 3 aromatic rings. The number of hydrogen-bond donors (Lipinski definition) is 1. The molecule has 3 heterocycles. The Labute approximate surface area is 201 Å². The van der Waals surface area contributed by atoms with Crippen molar-refractivity contribution in [3.05, 3.63) is 62.5 Å². The number of amides is 1. The van der Waals surface area contributed by atoms with Crippen LogP contribution in [-0.4, -0.2) is 43.6 Å². The van der Waals surface area contributed by atoms with Crippen molar-refractivity contribution in [2.45, 2.75) is 38.1 Å². The standard InChI is InChI=1S/C21H21BrClF3N6O/c1-11-13(9-27-31(11)3)10-30(2)20(33)18-17(23)19-28-15(12-4-6-14(22)7-5-12)8-16(21(24,25)26)32(19)29-18/h4-7,9,15-16,28H,8,10H2,1-3H3/t15-,16+/m1/s1. The number of anilines is 1. The molecule has 33 heavy (non-hydrogen) atoms. The lowest BCUT2D eigenvalue weighted by Gasteiger charge is -2.33. The quantitative estimate of drug-likeness (QED) is 0.485. The number of carbonyl (C=O) groups excluding carboxylic acids is 1. The van der Waals surface area contributed by atoms with Crippen LogP contribution < -0.4 is 5.32 Å². The van der Waals surface area contributed by atoms with Gasteiger partial charge in [0.15, 0.2) is 11.7 Å². The lowest BCUT2D eigenvalue weighted by atomic mass is 9.97. The average Bonchev–Trinajstić information content (AvgIpc) is 3.26. The second-order valence-corrected chi connectivity index (χ2v) is 9.33. The Morgan fingerprint density at radius 2 is 2.00 bits per heavy atom. The molecule has 2 aromatic heterocycles. The highest BCUT2D eigenvalue weighted by molar-refractivity contribution is 9.10. The Kier molecular flexibility index (Phi) is 6.21. The molecule has 1 amide bonds. The lowest BCUT2D eigenvalue weighted by molar-refractivity contribution is -0.173. The Morgan fingerprint density at radius 1 is 1.33 bits per heavy atom. The molecule has 0 aliphatic carbocycles. The molecular weight excluding hydrogens is 525 g/mol. The van der Waals surface area contributed by atoms with Crippen LogP contribution in [0.25, 0.3) is 0 Å². The van der Waals surface area contributed by atoms with Gasteiger partial charge in [0.2, 0.25) is 0 Å². The first kappa shape index (κ1) is 23.6. The molecule has 0 spiro atoms. The number of hydrogen-bond acceptors (Lipinski definition) is 4. The van der Waals surface area contributed by atoms with Gasteiger partial charge in [-0.05, 0) is 24.6 Å². The van der Waals surface area contributed by atoms with E-state index >= 15 is 0 Å². The number of carbonyl (C=O) groups is 1. The third kappa shape index (κ3) is 4.48. The Balaban J connectivity index is 1.67. The molecule has 2 atom stereocenters. The molecule has 1 aliphatic rings. The fourth-order valence-electron chi connectivity index (χ4n) is 3.85. The molecule has 12 heteroatoms. The molecular formula is C21H21BrClF3N6O. The highest BCUT2D eigenvalue weighted by Gasteiger charge is 2.48. The van der Waals surface area contributed by atoms with Crippen molar-refractivity contribution in [3.8, 4) is 0 Å². The van der Waals surface area contributed by atoms with E-state index in [4.69, 9.17) is 11.6 Å². The molecule has 0 saturated heterocycles. The molecule has 1 aliphatic heterocycles. The SMILES string of the molecule is Cc1c(CN(C)C(=O)c2nn3c(c2Cl)N[C@@H](c2ccc(Br)cc2)C[C@H]3C(F)(F)F)cnn1C. The fraction of sp³-hybridized carbons (Fsp3) is 0.381. The van der Waals surface area contributed by atoms with E-state index in [-0.39, 0.29) is 29.5 Å². The molecule has 0 bridgehead atoms. The van der Waals surface area contributed by atoms with Gasteiger partial charge in [0.25, 0.3) is 5.91 Å². The number of nitrogens with one attached hydrogen (secondary N) is 1. The summed E-state index contributed by atoms with van der Waals surface area (Å²) in [6.45, 7) is 2.08. The third-order valence-electron chi connectivity index (χ3n) is 5.86. The first-order valence-electron chi connectivity index (χ1n) is 10.1. The van der Waals surface area contributed by atoms with E-state index in [9.17, 15) is 18.0 Å². The van der Waals surface area contributed by atoms with Gasteiger partial charge < -0.3 is 10.2 Å². The van der Waals surface area contributed by atoms with Crippen molar-refractivity contribution < 1.29 is 18.0 Å². The van der Waals surface area contributed by atoms with Gasteiger partial charge in [-0.3, -0.25) is 9.48 Å². The van der Waals surface area contributed by atoms with Crippen molar-refractivity contribution in [2.24, 2.45) is 7.05 Å². The van der Waals surface area contributed by atoms with Crippen LogP contribution in [0.1, 0.15) is 45.8 Å². The smallest absolute Gasteiger partial charge is 0.362 e. The summed E-state index contributed by atoms with van der Waals surface area (Å²) in [7, 11) is 3.33. The summed E-state index contributed by atoms with van der Waals surface area (Å²) in [6.07, 6.45) is -3.21. The van der Waals surface area contributed by atoms with Gasteiger partial charge in [-0.1, -0.05) is 39.7 Å². The van der Waals surface area contributed by atoms with Gasteiger partial charge in [0, 0.05) is 42.8 Å². The van der Waals surface area contributed by atoms with Crippen molar-refractivity contribution in [1.82, 2.24) is 24.5 Å². The number of aryl methyl sites for hydroxylation is 1. The zero-order chi connectivity index (χ0) is 24.1. The lowest BCUT2D eigenvalue weighted by Crippen LogP contribution is -2.36. The van der Waals surface area contributed by atoms with Crippen LogP contribution in [0, 0.1) is 6.92 Å². The van der Waals surface area contributed by atoms with E-state index in [0.29, 0.717) is 5.56 Å². The van der Waals surface area contributed by atoms with Crippen LogP contribution in [0.2, 0.25) is 5.02 Å². The van der Waals surface area contributed by atoms with Crippen LogP contribution in [0.5, 0.6) is 0 Å². The van der Waals surface area contributed by atoms with E-state index < -0.39 is 24.2 Å². The molecule has 0 unspecified atom stereocenters. The van der Waals surface area contributed by atoms with Gasteiger partial charge in [-0.2, -0.15) is 23.4 Å². The maximum atomic E-state index is 14.0. The van der Waals surface area contributed by atoms with Crippen molar-refractivity contribution in [2.75, 3.05) is 12.4 Å². The highest BCUT2D eigenvalue weighted by Crippen LogP contribution is 2.46. The summed E-state index contributed by atoms with van der Waals surface area (Å²) in [4.78, 5) is 14.4. The van der Waals surface area contributed by atoms with E-state index in [1.54, 1.807) is 49.2 Å². The summed E-state index contributed by atoms with van der Waals surface area (Å²) < 4.78 is 45.2. The maximum absolute atomic E-state index is 14.0. The van der Waals surface area contributed by atoms with Crippen molar-refractivity contribution >= 4 is 39.3 Å². The minimum Gasteiger partial charge on any atom is -0.362 e. The summed E-state index contributed by atoms with van der Waals surface area (Å²) in [5.41, 5.74) is 2.14. The molecule has 1 aromatic carbocycles. The van der Waals surface area contributed by atoms with Crippen LogP contribution in [0.4, 0.5) is 19.0 Å². The fourth-order valence-corrected chi connectivity index (χ4v) is 4.37. The third-order valence-corrected chi connectivity index (χ3v) is 6.75. The van der Waals surface area contributed by atoms with Crippen LogP contribution in [0.15, 0.2) is 34.9 Å². The summed E-state index contributed by atoms with van der Waals surface area (Å²) in [6, 6.07) is 4.43. The number of nitrogens with zero attached hydrogens (tertiary/aromatic N) is 5. The molecule has 0 saturated carbocycles. The molecule has 7 nitrogen and oxygen atoms in total. The van der Waals surface area contributed by atoms with Gasteiger partial charge in [-0.25, -0.2) is 4.68 Å². The number of benzene rings is 1. The minimum atomic E-state index is -4.57. The number of aromatic nitrogens is 4. The van der Waals surface area contributed by atoms with Crippen LogP contribution >= 0.6 is 27.5 Å². The Morgan fingerprint density at radius 3 is 2.58 bits per heavy atom. The van der Waals surface area contributed by atoms with Crippen molar-refractivity contribution in [3.63, 3.8) is 0 Å². The number of halogens is 5. The van der Waals surface area contributed by atoms with Gasteiger partial charge in [0.05, 0.1) is 12.2 Å². The van der Waals surface area contributed by atoms with E-state index in [0.717, 1.165) is 20.4 Å². The van der Waals surface area contributed by atoms with Crippen molar-refractivity contribution in [1.29, 1.82) is 0 Å². The van der Waals surface area contributed by atoms with Gasteiger partial charge >= 0.3 is 6.18 Å². The zero-order valence-corrected chi connectivity index (χ0v) is 20.3. The van der Waals surface area contributed by atoms with Gasteiger partial charge in [0.1, 0.15) is 10.8 Å². The van der Waals surface area contributed by atoms with E-state index in [1.165, 1.54) is 4.90 Å². The molecule has 176 valence electrons.